The average Bonchev–Trinajstić information content (AvgIpc) is 3.40. The number of hydrogen-bond acceptors (Lipinski definition) is 1. The van der Waals surface area contributed by atoms with Gasteiger partial charge in [0, 0.05) is 21.5 Å². The second-order valence-electron chi connectivity index (χ2n) is 8.66. The van der Waals surface area contributed by atoms with Crippen molar-refractivity contribution < 1.29 is 0 Å². The molecule has 3 heterocycles. The van der Waals surface area contributed by atoms with E-state index in [2.05, 4.69) is 108 Å². The lowest BCUT2D eigenvalue weighted by atomic mass is 9.99. The molecule has 152 valence electrons. The summed E-state index contributed by atoms with van der Waals surface area (Å²) in [6.07, 6.45) is 2.02. The summed E-state index contributed by atoms with van der Waals surface area (Å²) in [7, 11) is 0. The van der Waals surface area contributed by atoms with E-state index in [1.807, 2.05) is 6.20 Å². The summed E-state index contributed by atoms with van der Waals surface area (Å²) in [4.78, 5) is 0. The van der Waals surface area contributed by atoms with E-state index in [4.69, 9.17) is 5.10 Å². The SMILES string of the molecule is Cc1cc2c3ccccc3n3ncc(-n4c5ccccc5c5ccccc54)c3c2cc1C. The zero-order valence-electron chi connectivity index (χ0n) is 18.0. The van der Waals surface area contributed by atoms with Gasteiger partial charge in [0.2, 0.25) is 0 Å². The highest BCUT2D eigenvalue weighted by molar-refractivity contribution is 6.16. The number of aryl methyl sites for hydroxylation is 2. The molecule has 0 amide bonds. The Morgan fingerprint density at radius 2 is 1.06 bits per heavy atom. The summed E-state index contributed by atoms with van der Waals surface area (Å²) in [6, 6.07) is 30.5. The first-order valence-corrected chi connectivity index (χ1v) is 11.0. The van der Waals surface area contributed by atoms with Gasteiger partial charge in [-0.3, -0.25) is 0 Å². The van der Waals surface area contributed by atoms with Crippen molar-refractivity contribution in [1.29, 1.82) is 0 Å². The second-order valence-corrected chi connectivity index (χ2v) is 8.66. The molecular weight excluding hydrogens is 390 g/mol. The highest BCUT2D eigenvalue weighted by Gasteiger charge is 2.19. The van der Waals surface area contributed by atoms with Gasteiger partial charge in [0.25, 0.3) is 0 Å². The molecule has 3 nitrogen and oxygen atoms in total. The van der Waals surface area contributed by atoms with Gasteiger partial charge in [-0.2, -0.15) is 5.10 Å². The number of fused-ring (bicyclic) bond motifs is 9. The third-order valence-electron chi connectivity index (χ3n) is 6.88. The average molecular weight is 412 g/mol. The molecule has 0 fully saturated rings. The lowest BCUT2D eigenvalue weighted by Crippen LogP contribution is -1.97. The van der Waals surface area contributed by atoms with E-state index in [1.165, 1.54) is 49.1 Å². The van der Waals surface area contributed by atoms with Gasteiger partial charge in [-0.15, -0.1) is 0 Å². The number of pyridine rings is 1. The minimum atomic E-state index is 1.11. The van der Waals surface area contributed by atoms with Crippen LogP contribution in [0.3, 0.4) is 0 Å². The van der Waals surface area contributed by atoms with Crippen molar-refractivity contribution >= 4 is 49.0 Å². The highest BCUT2D eigenvalue weighted by Crippen LogP contribution is 2.38. The van der Waals surface area contributed by atoms with Gasteiger partial charge < -0.3 is 4.57 Å². The fraction of sp³-hybridized carbons (Fsp3) is 0.0690. The first kappa shape index (κ1) is 17.6. The molecule has 0 aliphatic rings. The number of para-hydroxylation sites is 3. The maximum Gasteiger partial charge on any atom is 0.0988 e. The van der Waals surface area contributed by atoms with Crippen molar-refractivity contribution in [3.05, 3.63) is 102 Å². The Bertz CT molecular complexity index is 1800. The Kier molecular flexibility index (Phi) is 3.41. The first-order valence-electron chi connectivity index (χ1n) is 11.0. The number of benzene rings is 4. The van der Waals surface area contributed by atoms with Crippen LogP contribution in [0.1, 0.15) is 11.1 Å². The van der Waals surface area contributed by atoms with Crippen LogP contribution in [0, 0.1) is 13.8 Å². The summed E-state index contributed by atoms with van der Waals surface area (Å²) >= 11 is 0. The molecule has 0 bridgehead atoms. The zero-order chi connectivity index (χ0) is 21.4. The van der Waals surface area contributed by atoms with E-state index in [0.29, 0.717) is 0 Å². The summed E-state index contributed by atoms with van der Waals surface area (Å²) in [5, 5.41) is 11.2. The molecule has 0 radical (unpaired) electrons. The zero-order valence-corrected chi connectivity index (χ0v) is 18.0. The normalized spacial score (nSPS) is 12.1. The number of hydrogen-bond donors (Lipinski definition) is 0. The Morgan fingerprint density at radius 1 is 0.562 bits per heavy atom. The number of nitrogens with zero attached hydrogens (tertiary/aromatic N) is 3. The van der Waals surface area contributed by atoms with Crippen LogP contribution >= 0.6 is 0 Å². The standard InChI is InChI=1S/C29H21N3/c1-18-15-23-22-11-5-8-14-27(22)32-29(24(23)16-19(18)2)28(17-30-32)31-25-12-6-3-9-20(25)21-10-4-7-13-26(21)31/h3-17H,1-2H3. The van der Waals surface area contributed by atoms with Crippen molar-refractivity contribution in [2.45, 2.75) is 13.8 Å². The third-order valence-corrected chi connectivity index (χ3v) is 6.88. The molecule has 0 unspecified atom stereocenters. The van der Waals surface area contributed by atoms with Crippen LogP contribution < -0.4 is 0 Å². The monoisotopic (exact) mass is 411 g/mol. The van der Waals surface area contributed by atoms with Crippen molar-refractivity contribution in [3.8, 4) is 5.69 Å². The maximum atomic E-state index is 4.91. The Morgan fingerprint density at radius 3 is 1.69 bits per heavy atom. The van der Waals surface area contributed by atoms with Crippen molar-refractivity contribution in [1.82, 2.24) is 14.2 Å². The van der Waals surface area contributed by atoms with Crippen LogP contribution in [0.25, 0.3) is 54.7 Å². The van der Waals surface area contributed by atoms with Crippen LogP contribution in [-0.4, -0.2) is 14.2 Å². The van der Waals surface area contributed by atoms with Gasteiger partial charge >= 0.3 is 0 Å². The van der Waals surface area contributed by atoms with E-state index in [-0.39, 0.29) is 0 Å². The lowest BCUT2D eigenvalue weighted by molar-refractivity contribution is 1.01. The summed E-state index contributed by atoms with van der Waals surface area (Å²) < 4.78 is 4.49. The quantitative estimate of drug-likeness (QED) is 0.259. The predicted molar refractivity (Wildman–Crippen MR) is 134 cm³/mol. The van der Waals surface area contributed by atoms with Crippen molar-refractivity contribution in [3.63, 3.8) is 0 Å². The minimum absolute atomic E-state index is 1.11. The van der Waals surface area contributed by atoms with Crippen LogP contribution in [0.4, 0.5) is 0 Å². The fourth-order valence-electron chi connectivity index (χ4n) is 5.24. The van der Waals surface area contributed by atoms with E-state index in [0.717, 1.165) is 16.7 Å². The van der Waals surface area contributed by atoms with Crippen molar-refractivity contribution in [2.75, 3.05) is 0 Å². The smallest absolute Gasteiger partial charge is 0.0988 e. The molecule has 7 rings (SSSR count). The Hall–Kier alpha value is -4.11. The molecule has 0 saturated heterocycles. The fourth-order valence-corrected chi connectivity index (χ4v) is 5.24. The molecule has 0 spiro atoms. The summed E-state index contributed by atoms with van der Waals surface area (Å²) in [5.41, 5.74) is 8.40. The van der Waals surface area contributed by atoms with Gasteiger partial charge in [0.15, 0.2) is 0 Å². The topological polar surface area (TPSA) is 22.2 Å². The predicted octanol–water partition coefficient (Wildman–Crippen LogP) is 7.35. The highest BCUT2D eigenvalue weighted by atomic mass is 15.2. The Balaban J connectivity index is 1.76. The van der Waals surface area contributed by atoms with E-state index >= 15 is 0 Å². The third kappa shape index (κ3) is 2.17. The maximum absolute atomic E-state index is 4.91. The molecule has 3 heteroatoms. The van der Waals surface area contributed by atoms with Gasteiger partial charge in [-0.1, -0.05) is 60.7 Å². The molecule has 3 aromatic heterocycles. The summed E-state index contributed by atoms with van der Waals surface area (Å²) in [6.45, 7) is 4.38. The van der Waals surface area contributed by atoms with Gasteiger partial charge in [0.1, 0.15) is 0 Å². The molecule has 32 heavy (non-hydrogen) atoms. The molecule has 0 aliphatic heterocycles. The molecular formula is C29H21N3. The van der Waals surface area contributed by atoms with Crippen LogP contribution in [0.15, 0.2) is 91.1 Å². The van der Waals surface area contributed by atoms with Crippen molar-refractivity contribution in [2.24, 2.45) is 0 Å². The first-order chi connectivity index (χ1) is 15.7. The van der Waals surface area contributed by atoms with Crippen LogP contribution in [0.5, 0.6) is 0 Å². The lowest BCUT2D eigenvalue weighted by Gasteiger charge is -2.13. The van der Waals surface area contributed by atoms with E-state index in [9.17, 15) is 0 Å². The van der Waals surface area contributed by atoms with Crippen LogP contribution in [0.2, 0.25) is 0 Å². The minimum Gasteiger partial charge on any atom is -0.306 e. The summed E-state index contributed by atoms with van der Waals surface area (Å²) in [5.74, 6) is 0. The molecule has 4 aromatic carbocycles. The molecule has 0 atom stereocenters. The number of aromatic nitrogens is 3. The Labute approximate surface area is 185 Å². The second kappa shape index (κ2) is 6.21. The van der Waals surface area contributed by atoms with Gasteiger partial charge in [0.05, 0.1) is 34.0 Å². The van der Waals surface area contributed by atoms with E-state index < -0.39 is 0 Å². The largest absolute Gasteiger partial charge is 0.306 e. The molecule has 0 N–H and O–H groups in total. The van der Waals surface area contributed by atoms with Gasteiger partial charge in [-0.05, 0) is 54.6 Å². The molecule has 0 aliphatic carbocycles. The van der Waals surface area contributed by atoms with E-state index in [1.54, 1.807) is 0 Å². The van der Waals surface area contributed by atoms with Gasteiger partial charge in [-0.25, -0.2) is 4.52 Å². The number of rotatable bonds is 1. The molecule has 7 aromatic rings. The van der Waals surface area contributed by atoms with Crippen LogP contribution in [-0.2, 0) is 0 Å². The molecule has 0 saturated carbocycles.